The van der Waals surface area contributed by atoms with Crippen LogP contribution in [0.2, 0.25) is 0 Å². The first kappa shape index (κ1) is 17.6. The predicted molar refractivity (Wildman–Crippen MR) is 88.1 cm³/mol. The maximum atomic E-state index is 12.0. The van der Waals surface area contributed by atoms with Crippen molar-refractivity contribution in [2.75, 3.05) is 0 Å². The van der Waals surface area contributed by atoms with Crippen molar-refractivity contribution in [3.63, 3.8) is 0 Å². The first-order valence-electron chi connectivity index (χ1n) is 7.66. The molecule has 0 aliphatic carbocycles. The van der Waals surface area contributed by atoms with E-state index in [4.69, 9.17) is 14.3 Å². The van der Waals surface area contributed by atoms with E-state index in [0.717, 1.165) is 16.9 Å². The minimum absolute atomic E-state index is 0.131. The van der Waals surface area contributed by atoms with E-state index < -0.39 is 17.9 Å². The second-order valence-corrected chi connectivity index (χ2v) is 5.80. The van der Waals surface area contributed by atoms with Crippen molar-refractivity contribution < 1.29 is 23.8 Å². The van der Waals surface area contributed by atoms with E-state index in [1.54, 1.807) is 19.1 Å². The average Bonchev–Trinajstić information content (AvgIpc) is 2.94. The van der Waals surface area contributed by atoms with Gasteiger partial charge in [-0.15, -0.1) is 0 Å². The van der Waals surface area contributed by atoms with Crippen LogP contribution in [0, 0.1) is 13.8 Å². The minimum atomic E-state index is -0.968. The van der Waals surface area contributed by atoms with E-state index in [1.807, 2.05) is 32.0 Å². The summed E-state index contributed by atoms with van der Waals surface area (Å²) in [4.78, 5) is 22.6. The quantitative estimate of drug-likeness (QED) is 0.814. The lowest BCUT2D eigenvalue weighted by atomic mass is 10.1. The molecule has 0 fully saturated rings. The highest BCUT2D eigenvalue weighted by atomic mass is 16.5. The zero-order chi connectivity index (χ0) is 17.7. The molecular formula is C18H21NO5. The summed E-state index contributed by atoms with van der Waals surface area (Å²) in [5.41, 5.74) is 2.19. The molecule has 0 aliphatic heterocycles. The standard InChI is InChI=1S/C18H21NO5/c1-11-4-6-15(12(2)8-11)23-10-14-5-7-16(24-14)18(22)19-13(3)9-17(20)21/h4-8,13H,9-10H2,1-3H3,(H,19,22)(H,20,21). The number of furan rings is 1. The number of aryl methyl sites for hydroxylation is 2. The molecule has 1 aromatic carbocycles. The van der Waals surface area contributed by atoms with Crippen LogP contribution in [0.1, 0.15) is 40.8 Å². The molecule has 6 heteroatoms. The summed E-state index contributed by atoms with van der Waals surface area (Å²) in [5.74, 6) is 0.00174. The summed E-state index contributed by atoms with van der Waals surface area (Å²) in [5, 5.41) is 11.3. The summed E-state index contributed by atoms with van der Waals surface area (Å²) in [6.45, 7) is 5.81. The van der Waals surface area contributed by atoms with Crippen LogP contribution >= 0.6 is 0 Å². The Morgan fingerprint density at radius 3 is 2.67 bits per heavy atom. The van der Waals surface area contributed by atoms with Crippen molar-refractivity contribution in [2.24, 2.45) is 0 Å². The van der Waals surface area contributed by atoms with Crippen LogP contribution in [0.4, 0.5) is 0 Å². The number of carbonyl (C=O) groups is 2. The molecule has 0 saturated carbocycles. The minimum Gasteiger partial charge on any atom is -0.485 e. The van der Waals surface area contributed by atoms with E-state index >= 15 is 0 Å². The average molecular weight is 331 g/mol. The third-order valence-corrected chi connectivity index (χ3v) is 3.44. The topological polar surface area (TPSA) is 88.8 Å². The smallest absolute Gasteiger partial charge is 0.305 e. The summed E-state index contributed by atoms with van der Waals surface area (Å²) < 4.78 is 11.2. The fourth-order valence-electron chi connectivity index (χ4n) is 2.30. The molecule has 2 rings (SSSR count). The molecule has 1 atom stereocenters. The fraction of sp³-hybridized carbons (Fsp3) is 0.333. The number of carboxylic acids is 1. The van der Waals surface area contributed by atoms with Crippen molar-refractivity contribution in [3.05, 3.63) is 53.0 Å². The molecule has 0 saturated heterocycles. The molecule has 0 bridgehead atoms. The van der Waals surface area contributed by atoms with Gasteiger partial charge in [0, 0.05) is 6.04 Å². The lowest BCUT2D eigenvalue weighted by Gasteiger charge is -2.10. The number of nitrogens with one attached hydrogen (secondary N) is 1. The zero-order valence-electron chi connectivity index (χ0n) is 14.0. The van der Waals surface area contributed by atoms with Crippen LogP contribution in [0.5, 0.6) is 5.75 Å². The molecule has 2 N–H and O–H groups in total. The SMILES string of the molecule is Cc1ccc(OCc2ccc(C(=O)NC(C)CC(=O)O)o2)c(C)c1. The van der Waals surface area contributed by atoms with Crippen LogP contribution in [-0.4, -0.2) is 23.0 Å². The summed E-state index contributed by atoms with van der Waals surface area (Å²) in [6, 6.07) is 8.63. The Hall–Kier alpha value is -2.76. The Balaban J connectivity index is 1.92. The number of ether oxygens (including phenoxy) is 1. The third-order valence-electron chi connectivity index (χ3n) is 3.44. The molecule has 0 aliphatic rings. The summed E-state index contributed by atoms with van der Waals surface area (Å²) in [7, 11) is 0. The Morgan fingerprint density at radius 1 is 1.25 bits per heavy atom. The zero-order valence-corrected chi connectivity index (χ0v) is 14.0. The lowest BCUT2D eigenvalue weighted by Crippen LogP contribution is -2.33. The van der Waals surface area contributed by atoms with Crippen molar-refractivity contribution in [2.45, 2.75) is 39.8 Å². The summed E-state index contributed by atoms with van der Waals surface area (Å²) in [6.07, 6.45) is -0.144. The van der Waals surface area contributed by atoms with Gasteiger partial charge in [-0.25, -0.2) is 0 Å². The fourth-order valence-corrected chi connectivity index (χ4v) is 2.30. The number of benzene rings is 1. The first-order chi connectivity index (χ1) is 11.3. The highest BCUT2D eigenvalue weighted by Gasteiger charge is 2.16. The first-order valence-corrected chi connectivity index (χ1v) is 7.66. The number of amides is 1. The second kappa shape index (κ2) is 7.68. The number of hydrogen-bond donors (Lipinski definition) is 2. The van der Waals surface area contributed by atoms with Gasteiger partial charge >= 0.3 is 5.97 Å². The molecule has 1 heterocycles. The predicted octanol–water partition coefficient (Wildman–Crippen LogP) is 3.07. The highest BCUT2D eigenvalue weighted by Crippen LogP contribution is 2.20. The molecule has 1 unspecified atom stereocenters. The van der Waals surface area contributed by atoms with E-state index in [1.165, 1.54) is 0 Å². The van der Waals surface area contributed by atoms with Gasteiger partial charge in [0.1, 0.15) is 18.1 Å². The van der Waals surface area contributed by atoms with Gasteiger partial charge in [0.05, 0.1) is 6.42 Å². The van der Waals surface area contributed by atoms with Crippen molar-refractivity contribution in [3.8, 4) is 5.75 Å². The van der Waals surface area contributed by atoms with Gasteiger partial charge in [-0.1, -0.05) is 17.7 Å². The molecule has 24 heavy (non-hydrogen) atoms. The molecule has 6 nitrogen and oxygen atoms in total. The Morgan fingerprint density at radius 2 is 2.00 bits per heavy atom. The normalized spacial score (nSPS) is 11.8. The van der Waals surface area contributed by atoms with Gasteiger partial charge in [0.15, 0.2) is 5.76 Å². The van der Waals surface area contributed by atoms with Gasteiger partial charge in [-0.3, -0.25) is 9.59 Å². The van der Waals surface area contributed by atoms with Crippen LogP contribution in [0.3, 0.4) is 0 Å². The molecule has 1 aromatic heterocycles. The van der Waals surface area contributed by atoms with Gasteiger partial charge < -0.3 is 19.6 Å². The lowest BCUT2D eigenvalue weighted by molar-refractivity contribution is -0.137. The van der Waals surface area contributed by atoms with Gasteiger partial charge in [0.25, 0.3) is 5.91 Å². The number of aliphatic carboxylic acids is 1. The molecular weight excluding hydrogens is 310 g/mol. The third kappa shape index (κ3) is 4.87. The van der Waals surface area contributed by atoms with Gasteiger partial charge in [-0.2, -0.15) is 0 Å². The maximum Gasteiger partial charge on any atom is 0.305 e. The highest BCUT2D eigenvalue weighted by molar-refractivity contribution is 5.91. The van der Waals surface area contributed by atoms with Gasteiger partial charge in [0.2, 0.25) is 0 Å². The number of hydrogen-bond acceptors (Lipinski definition) is 4. The molecule has 128 valence electrons. The monoisotopic (exact) mass is 331 g/mol. The van der Waals surface area contributed by atoms with Crippen molar-refractivity contribution >= 4 is 11.9 Å². The maximum absolute atomic E-state index is 12.0. The molecule has 2 aromatic rings. The Labute approximate surface area is 140 Å². The van der Waals surface area contributed by atoms with Crippen LogP contribution in [-0.2, 0) is 11.4 Å². The number of rotatable bonds is 7. The Kier molecular flexibility index (Phi) is 5.63. The molecule has 1 amide bonds. The Bertz CT molecular complexity index is 735. The van der Waals surface area contributed by atoms with E-state index in [9.17, 15) is 9.59 Å². The van der Waals surface area contributed by atoms with E-state index in [2.05, 4.69) is 5.32 Å². The molecule has 0 radical (unpaired) electrons. The van der Waals surface area contributed by atoms with Crippen LogP contribution in [0.15, 0.2) is 34.7 Å². The van der Waals surface area contributed by atoms with Crippen LogP contribution < -0.4 is 10.1 Å². The van der Waals surface area contributed by atoms with Crippen molar-refractivity contribution in [1.82, 2.24) is 5.32 Å². The number of carboxylic acid groups (broad SMARTS) is 1. The van der Waals surface area contributed by atoms with E-state index in [-0.39, 0.29) is 18.8 Å². The number of carbonyl (C=O) groups excluding carboxylic acids is 1. The molecule has 0 spiro atoms. The van der Waals surface area contributed by atoms with Crippen molar-refractivity contribution in [1.29, 1.82) is 0 Å². The van der Waals surface area contributed by atoms with Gasteiger partial charge in [-0.05, 0) is 44.5 Å². The summed E-state index contributed by atoms with van der Waals surface area (Å²) >= 11 is 0. The largest absolute Gasteiger partial charge is 0.485 e. The second-order valence-electron chi connectivity index (χ2n) is 5.80. The van der Waals surface area contributed by atoms with Crippen LogP contribution in [0.25, 0.3) is 0 Å². The van der Waals surface area contributed by atoms with E-state index in [0.29, 0.717) is 5.76 Å².